The third-order valence-corrected chi connectivity index (χ3v) is 4.33. The molecule has 1 fully saturated rings. The highest BCUT2D eigenvalue weighted by Crippen LogP contribution is 2.48. The summed E-state index contributed by atoms with van der Waals surface area (Å²) in [7, 11) is 0. The van der Waals surface area contributed by atoms with Gasteiger partial charge in [-0.15, -0.1) is 0 Å². The molecule has 0 saturated heterocycles. The number of carbonyl (C=O) groups is 1. The zero-order chi connectivity index (χ0) is 18.6. The van der Waals surface area contributed by atoms with E-state index < -0.39 is 42.4 Å². The molecule has 0 aromatic carbocycles. The molecule has 0 aromatic rings. The van der Waals surface area contributed by atoms with Crippen LogP contribution in [0.5, 0.6) is 0 Å². The Morgan fingerprint density at radius 1 is 1.08 bits per heavy atom. The van der Waals surface area contributed by atoms with Crippen molar-refractivity contribution in [3.63, 3.8) is 0 Å². The van der Waals surface area contributed by atoms with Gasteiger partial charge in [-0.3, -0.25) is 4.79 Å². The molecule has 1 aliphatic carbocycles. The van der Waals surface area contributed by atoms with E-state index in [1.54, 1.807) is 0 Å². The summed E-state index contributed by atoms with van der Waals surface area (Å²) in [5, 5.41) is 9.56. The summed E-state index contributed by atoms with van der Waals surface area (Å²) in [5.41, 5.74) is -5.07. The third-order valence-electron chi connectivity index (χ3n) is 4.33. The van der Waals surface area contributed by atoms with Crippen LogP contribution in [0.2, 0.25) is 0 Å². The van der Waals surface area contributed by atoms with Gasteiger partial charge in [-0.05, 0) is 18.8 Å². The highest BCUT2D eigenvalue weighted by atomic mass is 19.4. The Balaban J connectivity index is 3.13. The van der Waals surface area contributed by atoms with Crippen LogP contribution in [0, 0.1) is 5.92 Å². The summed E-state index contributed by atoms with van der Waals surface area (Å²) in [6.07, 6.45) is -12.3. The molecule has 1 saturated carbocycles. The van der Waals surface area contributed by atoms with Crippen molar-refractivity contribution in [3.05, 3.63) is 0 Å². The maximum atomic E-state index is 13.1. The molecule has 0 aromatic heterocycles. The lowest BCUT2D eigenvalue weighted by Crippen LogP contribution is -2.65. The van der Waals surface area contributed by atoms with E-state index in [0.717, 1.165) is 6.42 Å². The Morgan fingerprint density at radius 3 is 2.00 bits per heavy atom. The Labute approximate surface area is 136 Å². The normalized spacial score (nSPS) is 19.2. The largest absolute Gasteiger partial charge is 0.459 e. The predicted octanol–water partition coefficient (Wildman–Crippen LogP) is 4.52. The molecule has 0 aliphatic heterocycles. The van der Waals surface area contributed by atoms with Gasteiger partial charge in [0.15, 0.2) is 0 Å². The number of carbonyl (C=O) groups excluding carboxylic acids is 1. The molecule has 24 heavy (non-hydrogen) atoms. The van der Waals surface area contributed by atoms with Gasteiger partial charge in [0.05, 0.1) is 0 Å². The van der Waals surface area contributed by atoms with Crippen molar-refractivity contribution in [1.29, 1.82) is 0 Å². The van der Waals surface area contributed by atoms with Crippen molar-refractivity contribution in [3.8, 4) is 0 Å². The monoisotopic (exact) mass is 364 g/mol. The van der Waals surface area contributed by atoms with Crippen molar-refractivity contribution in [2.75, 3.05) is 0 Å². The minimum Gasteiger partial charge on any atom is -0.459 e. The van der Waals surface area contributed by atoms with Gasteiger partial charge in [0.25, 0.3) is 5.60 Å². The molecule has 0 heterocycles. The standard InChI is InChI=1S/C15H22F6O3/c1-2-6-12(22)24-11(9-10-7-4-3-5-8-10)13(23,14(16,17)18)15(19,20)21/h10-11,23H,2-9H2,1H3. The van der Waals surface area contributed by atoms with Gasteiger partial charge in [-0.1, -0.05) is 39.0 Å². The molecular formula is C15H22F6O3. The molecule has 9 heteroatoms. The quantitative estimate of drug-likeness (QED) is 0.557. The van der Waals surface area contributed by atoms with Gasteiger partial charge in [0.1, 0.15) is 6.10 Å². The number of esters is 1. The predicted molar refractivity (Wildman–Crippen MR) is 73.0 cm³/mol. The van der Waals surface area contributed by atoms with Crippen molar-refractivity contribution in [2.45, 2.75) is 82.3 Å². The Bertz CT molecular complexity index is 398. The fourth-order valence-corrected chi connectivity index (χ4v) is 2.98. The fraction of sp³-hybridized carbons (Fsp3) is 0.933. The van der Waals surface area contributed by atoms with Gasteiger partial charge < -0.3 is 9.84 Å². The maximum Gasteiger partial charge on any atom is 0.430 e. The first-order valence-electron chi connectivity index (χ1n) is 7.98. The lowest BCUT2D eigenvalue weighted by molar-refractivity contribution is -0.392. The van der Waals surface area contributed by atoms with E-state index in [1.165, 1.54) is 6.92 Å². The molecule has 1 unspecified atom stereocenters. The number of rotatable bonds is 6. The number of alkyl halides is 6. The Morgan fingerprint density at radius 2 is 1.58 bits per heavy atom. The van der Waals surface area contributed by atoms with Crippen LogP contribution in [-0.2, 0) is 9.53 Å². The van der Waals surface area contributed by atoms with E-state index in [4.69, 9.17) is 0 Å². The third kappa shape index (κ3) is 4.77. The number of hydrogen-bond donors (Lipinski definition) is 1. The van der Waals surface area contributed by atoms with E-state index >= 15 is 0 Å². The first-order valence-corrected chi connectivity index (χ1v) is 7.98. The SMILES string of the molecule is CCCC(=O)OC(CC1CCCCC1)C(O)(C(F)(F)F)C(F)(F)F. The number of aliphatic hydroxyl groups is 1. The van der Waals surface area contributed by atoms with E-state index in [1.807, 2.05) is 0 Å². The van der Waals surface area contributed by atoms with Crippen LogP contribution in [0.15, 0.2) is 0 Å². The highest BCUT2D eigenvalue weighted by molar-refractivity contribution is 5.69. The van der Waals surface area contributed by atoms with Crippen molar-refractivity contribution in [2.24, 2.45) is 5.92 Å². The second-order valence-corrected chi connectivity index (χ2v) is 6.23. The average Bonchev–Trinajstić information content (AvgIpc) is 2.44. The van der Waals surface area contributed by atoms with Crippen molar-refractivity contribution in [1.82, 2.24) is 0 Å². The van der Waals surface area contributed by atoms with Gasteiger partial charge in [0.2, 0.25) is 0 Å². The molecule has 1 N–H and O–H groups in total. The van der Waals surface area contributed by atoms with Crippen molar-refractivity contribution >= 4 is 5.97 Å². The maximum absolute atomic E-state index is 13.1. The number of hydrogen-bond acceptors (Lipinski definition) is 3. The van der Waals surface area contributed by atoms with Crippen LogP contribution in [0.3, 0.4) is 0 Å². The summed E-state index contributed by atoms with van der Waals surface area (Å²) in [6, 6.07) is 0. The first-order chi connectivity index (χ1) is 10.9. The van der Waals surface area contributed by atoms with E-state index in [9.17, 15) is 36.2 Å². The highest BCUT2D eigenvalue weighted by Gasteiger charge is 2.75. The average molecular weight is 364 g/mol. The van der Waals surface area contributed by atoms with E-state index in [2.05, 4.69) is 4.74 Å². The molecule has 0 radical (unpaired) electrons. The molecule has 0 spiro atoms. The van der Waals surface area contributed by atoms with Crippen LogP contribution in [0.25, 0.3) is 0 Å². The molecule has 3 nitrogen and oxygen atoms in total. The second-order valence-electron chi connectivity index (χ2n) is 6.23. The second kappa shape index (κ2) is 7.93. The minimum atomic E-state index is -6.00. The minimum absolute atomic E-state index is 0.214. The summed E-state index contributed by atoms with van der Waals surface area (Å²) in [6.45, 7) is 1.54. The molecule has 1 atom stereocenters. The van der Waals surface area contributed by atoms with Gasteiger partial charge in [0, 0.05) is 6.42 Å². The van der Waals surface area contributed by atoms with Gasteiger partial charge in [-0.2, -0.15) is 26.3 Å². The van der Waals surface area contributed by atoms with E-state index in [0.29, 0.717) is 25.7 Å². The summed E-state index contributed by atoms with van der Waals surface area (Å²) >= 11 is 0. The van der Waals surface area contributed by atoms with Crippen molar-refractivity contribution < 1.29 is 41.0 Å². The van der Waals surface area contributed by atoms with Crippen LogP contribution in [0.1, 0.15) is 58.3 Å². The summed E-state index contributed by atoms with van der Waals surface area (Å²) < 4.78 is 83.0. The number of ether oxygens (including phenoxy) is 1. The molecule has 1 rings (SSSR count). The van der Waals surface area contributed by atoms with Gasteiger partial charge >= 0.3 is 18.3 Å². The smallest absolute Gasteiger partial charge is 0.430 e. The number of halogens is 6. The summed E-state index contributed by atoms with van der Waals surface area (Å²) in [4.78, 5) is 11.5. The summed E-state index contributed by atoms with van der Waals surface area (Å²) in [5.74, 6) is -1.63. The topological polar surface area (TPSA) is 46.5 Å². The lowest BCUT2D eigenvalue weighted by Gasteiger charge is -2.39. The van der Waals surface area contributed by atoms with Crippen LogP contribution < -0.4 is 0 Å². The molecule has 1 aliphatic rings. The van der Waals surface area contributed by atoms with Crippen LogP contribution in [-0.4, -0.2) is 35.1 Å². The van der Waals surface area contributed by atoms with Gasteiger partial charge in [-0.25, -0.2) is 0 Å². The lowest BCUT2D eigenvalue weighted by atomic mass is 9.80. The van der Waals surface area contributed by atoms with E-state index in [-0.39, 0.29) is 12.8 Å². The fourth-order valence-electron chi connectivity index (χ4n) is 2.98. The molecule has 142 valence electrons. The zero-order valence-electron chi connectivity index (χ0n) is 13.3. The molecule has 0 amide bonds. The van der Waals surface area contributed by atoms with Crippen LogP contribution in [0.4, 0.5) is 26.3 Å². The molecule has 0 bridgehead atoms. The Hall–Kier alpha value is -0.990. The molecular weight excluding hydrogens is 342 g/mol. The Kier molecular flexibility index (Phi) is 6.95. The van der Waals surface area contributed by atoms with Crippen LogP contribution >= 0.6 is 0 Å². The zero-order valence-corrected chi connectivity index (χ0v) is 13.3. The first kappa shape index (κ1) is 21.1.